The molecule has 0 unspecified atom stereocenters. The Morgan fingerprint density at radius 2 is 1.77 bits per heavy atom. The van der Waals surface area contributed by atoms with Gasteiger partial charge in [0.15, 0.2) is 16.3 Å². The maximum atomic E-state index is 14.1. The molecule has 5 aromatic rings. The van der Waals surface area contributed by atoms with Crippen LogP contribution in [0.25, 0.3) is 16.8 Å². The number of nitrogens with zero attached hydrogens (tertiary/aromatic N) is 2. The van der Waals surface area contributed by atoms with Gasteiger partial charge < -0.3 is 18.9 Å². The van der Waals surface area contributed by atoms with Gasteiger partial charge in [-0.2, -0.15) is 0 Å². The fourth-order valence-corrected chi connectivity index (χ4v) is 6.77. The van der Waals surface area contributed by atoms with Crippen LogP contribution in [0.15, 0.2) is 106 Å². The number of methoxy groups -OCH3 is 1. The predicted octanol–water partition coefficient (Wildman–Crippen LogP) is 6.33. The van der Waals surface area contributed by atoms with Gasteiger partial charge in [-0.15, -0.1) is 0 Å². The Bertz CT molecular complexity index is 2160. The van der Waals surface area contributed by atoms with Crippen LogP contribution in [0.1, 0.15) is 50.4 Å². The lowest BCUT2D eigenvalue weighted by atomic mass is 9.96. The number of hydrogen-bond donors (Lipinski definition) is 0. The van der Waals surface area contributed by atoms with E-state index >= 15 is 0 Å². The number of rotatable bonds is 10. The molecular weight excluding hydrogens is 612 g/mol. The van der Waals surface area contributed by atoms with E-state index in [2.05, 4.69) is 29.3 Å². The van der Waals surface area contributed by atoms with E-state index in [9.17, 15) is 9.59 Å². The minimum absolute atomic E-state index is 0.0132. The molecule has 0 aliphatic carbocycles. The number of thiazole rings is 1. The van der Waals surface area contributed by atoms with Gasteiger partial charge in [-0.25, -0.2) is 9.79 Å². The summed E-state index contributed by atoms with van der Waals surface area (Å²) in [7, 11) is 1.59. The van der Waals surface area contributed by atoms with Crippen LogP contribution in [0, 0.1) is 0 Å². The molecule has 1 aliphatic rings. The number of hydrogen-bond acceptors (Lipinski definition) is 8. The summed E-state index contributed by atoms with van der Waals surface area (Å²) < 4.78 is 25.2. The van der Waals surface area contributed by atoms with Crippen LogP contribution >= 0.6 is 11.3 Å². The summed E-state index contributed by atoms with van der Waals surface area (Å²) in [5.74, 6) is 1.35. The smallest absolute Gasteiger partial charge is 0.338 e. The van der Waals surface area contributed by atoms with Crippen LogP contribution in [0.5, 0.6) is 17.2 Å². The molecule has 0 radical (unpaired) electrons. The van der Waals surface area contributed by atoms with Crippen molar-refractivity contribution in [3.8, 4) is 17.2 Å². The van der Waals surface area contributed by atoms with Gasteiger partial charge in [-0.1, -0.05) is 72.0 Å². The topological polar surface area (TPSA) is 88.4 Å². The zero-order valence-electron chi connectivity index (χ0n) is 27.0. The quantitative estimate of drug-likeness (QED) is 0.165. The molecule has 0 fully saturated rings. The molecule has 8 nitrogen and oxygen atoms in total. The van der Waals surface area contributed by atoms with Crippen molar-refractivity contribution >= 4 is 34.2 Å². The molecule has 2 heterocycles. The number of esters is 1. The Morgan fingerprint density at radius 3 is 2.51 bits per heavy atom. The van der Waals surface area contributed by atoms with Crippen molar-refractivity contribution in [2.45, 2.75) is 46.4 Å². The minimum atomic E-state index is -0.708. The number of allylic oxidation sites excluding steroid dienone is 1. The molecular formula is C38H36N2O6S. The normalized spacial score (nSPS) is 14.6. The van der Waals surface area contributed by atoms with E-state index in [1.807, 2.05) is 74.5 Å². The third-order valence-electron chi connectivity index (χ3n) is 7.83. The Labute approximate surface area is 276 Å². The number of ether oxygens (including phenoxy) is 4. The zero-order valence-corrected chi connectivity index (χ0v) is 27.8. The summed E-state index contributed by atoms with van der Waals surface area (Å²) in [6, 6.07) is 26.7. The summed E-state index contributed by atoms with van der Waals surface area (Å²) in [6.07, 6.45) is 1.82. The van der Waals surface area contributed by atoms with E-state index in [0.29, 0.717) is 44.5 Å². The molecule has 0 N–H and O–H groups in total. The maximum absolute atomic E-state index is 14.1. The van der Waals surface area contributed by atoms with Crippen LogP contribution in [0.2, 0.25) is 0 Å². The number of aromatic nitrogens is 1. The van der Waals surface area contributed by atoms with Crippen LogP contribution in [-0.4, -0.2) is 30.4 Å². The Hall–Kier alpha value is -5.15. The molecule has 1 aliphatic heterocycles. The number of fused-ring (bicyclic) bond motifs is 2. The lowest BCUT2D eigenvalue weighted by Crippen LogP contribution is -2.39. The Balaban J connectivity index is 1.35. The summed E-state index contributed by atoms with van der Waals surface area (Å²) in [5.41, 5.74) is 3.17. The van der Waals surface area contributed by atoms with Gasteiger partial charge in [0, 0.05) is 0 Å². The molecule has 1 aromatic heterocycles. The predicted molar refractivity (Wildman–Crippen MR) is 184 cm³/mol. The molecule has 1 atom stereocenters. The average molecular weight is 649 g/mol. The van der Waals surface area contributed by atoms with Crippen molar-refractivity contribution in [2.24, 2.45) is 4.99 Å². The van der Waals surface area contributed by atoms with Crippen molar-refractivity contribution in [3.63, 3.8) is 0 Å². The second-order valence-corrected chi connectivity index (χ2v) is 12.4. The molecule has 0 spiro atoms. The lowest BCUT2D eigenvalue weighted by Gasteiger charge is -2.25. The molecule has 0 saturated carbocycles. The highest BCUT2D eigenvalue weighted by Crippen LogP contribution is 2.33. The molecule has 47 heavy (non-hydrogen) atoms. The Morgan fingerprint density at radius 1 is 1.00 bits per heavy atom. The van der Waals surface area contributed by atoms with Gasteiger partial charge in [0.1, 0.15) is 12.4 Å². The fraction of sp³-hybridized carbons (Fsp3) is 0.237. The highest BCUT2D eigenvalue weighted by atomic mass is 32.1. The molecule has 9 heteroatoms. The zero-order chi connectivity index (χ0) is 33.1. The highest BCUT2D eigenvalue weighted by molar-refractivity contribution is 7.07. The Kier molecular flexibility index (Phi) is 9.26. The number of carbonyl (C=O) groups excluding carboxylic acids is 1. The van der Waals surface area contributed by atoms with E-state index in [-0.39, 0.29) is 18.3 Å². The van der Waals surface area contributed by atoms with Gasteiger partial charge in [-0.05, 0) is 85.5 Å². The third kappa shape index (κ3) is 6.57. The second kappa shape index (κ2) is 13.7. The summed E-state index contributed by atoms with van der Waals surface area (Å²) in [4.78, 5) is 32.5. The van der Waals surface area contributed by atoms with Gasteiger partial charge >= 0.3 is 5.97 Å². The van der Waals surface area contributed by atoms with Gasteiger partial charge in [0.2, 0.25) is 0 Å². The summed E-state index contributed by atoms with van der Waals surface area (Å²) in [6.45, 7) is 8.02. The summed E-state index contributed by atoms with van der Waals surface area (Å²) in [5, 5.41) is 2.29. The van der Waals surface area contributed by atoms with Crippen LogP contribution in [-0.2, 0) is 16.1 Å². The largest absolute Gasteiger partial charge is 0.493 e. The van der Waals surface area contributed by atoms with Gasteiger partial charge in [0.05, 0.1) is 41.7 Å². The van der Waals surface area contributed by atoms with E-state index in [1.165, 1.54) is 11.3 Å². The van der Waals surface area contributed by atoms with Crippen molar-refractivity contribution in [3.05, 3.63) is 133 Å². The number of carbonyl (C=O) groups is 1. The maximum Gasteiger partial charge on any atom is 0.338 e. The summed E-state index contributed by atoms with van der Waals surface area (Å²) >= 11 is 1.27. The van der Waals surface area contributed by atoms with E-state index in [0.717, 1.165) is 27.5 Å². The first-order valence-electron chi connectivity index (χ1n) is 15.5. The standard InChI is InChI=1S/C38H36N2O6S/c1-6-44-37(42)34-24(4)39-38-40(35(34)27-15-17-29(18-16-27)46-23(2)3)36(41)33(47-38)21-25-14-19-31(32(20-25)43-5)45-22-28-12-9-11-26-10-7-8-13-30(26)28/h7-21,23,35H,6,22H2,1-5H3/b33-21-/t35-/m0/s1. The van der Waals surface area contributed by atoms with Gasteiger partial charge in [0.25, 0.3) is 5.56 Å². The second-order valence-electron chi connectivity index (χ2n) is 11.4. The van der Waals surface area contributed by atoms with Crippen LogP contribution in [0.3, 0.4) is 0 Å². The van der Waals surface area contributed by atoms with E-state index in [4.69, 9.17) is 18.9 Å². The minimum Gasteiger partial charge on any atom is -0.493 e. The van der Waals surface area contributed by atoms with E-state index in [1.54, 1.807) is 31.6 Å². The molecule has 240 valence electrons. The van der Waals surface area contributed by atoms with Crippen molar-refractivity contribution in [1.29, 1.82) is 0 Å². The first kappa shape index (κ1) is 31.8. The van der Waals surface area contributed by atoms with Crippen LogP contribution < -0.4 is 29.1 Å². The molecule has 6 rings (SSSR count). The van der Waals surface area contributed by atoms with Crippen molar-refractivity contribution in [2.75, 3.05) is 13.7 Å². The van der Waals surface area contributed by atoms with Crippen LogP contribution in [0.4, 0.5) is 0 Å². The molecule has 0 amide bonds. The van der Waals surface area contributed by atoms with Gasteiger partial charge in [-0.3, -0.25) is 9.36 Å². The molecule has 4 aromatic carbocycles. The van der Waals surface area contributed by atoms with E-state index < -0.39 is 12.0 Å². The first-order chi connectivity index (χ1) is 22.8. The molecule has 0 saturated heterocycles. The first-order valence-corrected chi connectivity index (χ1v) is 16.3. The third-order valence-corrected chi connectivity index (χ3v) is 8.82. The monoisotopic (exact) mass is 648 g/mol. The fourth-order valence-electron chi connectivity index (χ4n) is 5.73. The van der Waals surface area contributed by atoms with Crippen molar-refractivity contribution in [1.82, 2.24) is 4.57 Å². The molecule has 0 bridgehead atoms. The average Bonchev–Trinajstić information content (AvgIpc) is 3.37. The lowest BCUT2D eigenvalue weighted by molar-refractivity contribution is -0.139. The van der Waals surface area contributed by atoms with Crippen molar-refractivity contribution < 1.29 is 23.7 Å². The number of benzene rings is 4. The highest BCUT2D eigenvalue weighted by Gasteiger charge is 2.33. The SMILES string of the molecule is CCOC(=O)C1=C(C)N=c2s/c(=C\c3ccc(OCc4cccc5ccccc45)c(OC)c3)c(=O)n2[C@H]1c1ccc(OC(C)C)cc1.